The van der Waals surface area contributed by atoms with Gasteiger partial charge in [-0.1, -0.05) is 20.8 Å². The normalized spacial score (nSPS) is 15.7. The van der Waals surface area contributed by atoms with Crippen LogP contribution in [0.4, 0.5) is 5.69 Å². The molecule has 0 aliphatic carbocycles. The van der Waals surface area contributed by atoms with Gasteiger partial charge in [0.2, 0.25) is 0 Å². The van der Waals surface area contributed by atoms with Gasteiger partial charge in [0.05, 0.1) is 7.11 Å². The van der Waals surface area contributed by atoms with Gasteiger partial charge < -0.3 is 9.64 Å². The molecular formula is C16H28N2O. The van der Waals surface area contributed by atoms with Crippen LogP contribution in [0.1, 0.15) is 27.2 Å². The van der Waals surface area contributed by atoms with Crippen molar-refractivity contribution in [2.24, 2.45) is 0 Å². The highest BCUT2D eigenvalue weighted by atomic mass is 16.5. The van der Waals surface area contributed by atoms with Crippen molar-refractivity contribution in [2.45, 2.75) is 27.2 Å². The Morgan fingerprint density at radius 3 is 2.05 bits per heavy atom. The molecule has 2 rings (SSSR count). The van der Waals surface area contributed by atoms with E-state index in [4.69, 9.17) is 4.74 Å². The molecule has 0 spiro atoms. The molecule has 1 heterocycles. The van der Waals surface area contributed by atoms with Gasteiger partial charge in [0.25, 0.3) is 0 Å². The molecule has 1 aliphatic heterocycles. The number of benzene rings is 1. The van der Waals surface area contributed by atoms with Crippen LogP contribution in [0.3, 0.4) is 0 Å². The van der Waals surface area contributed by atoms with Gasteiger partial charge in [0.1, 0.15) is 5.75 Å². The summed E-state index contributed by atoms with van der Waals surface area (Å²) < 4.78 is 5.18. The fourth-order valence-corrected chi connectivity index (χ4v) is 2.34. The SMILES string of the molecule is CC.CCCN1CCN(c2ccc(OC)cc2)CC1. The van der Waals surface area contributed by atoms with Crippen molar-refractivity contribution in [3.63, 3.8) is 0 Å². The molecule has 1 aliphatic rings. The van der Waals surface area contributed by atoms with Crippen LogP contribution < -0.4 is 9.64 Å². The lowest BCUT2D eigenvalue weighted by Crippen LogP contribution is -2.46. The quantitative estimate of drug-likeness (QED) is 0.830. The average Bonchev–Trinajstić information content (AvgIpc) is 2.51. The van der Waals surface area contributed by atoms with E-state index in [1.807, 2.05) is 26.0 Å². The smallest absolute Gasteiger partial charge is 0.119 e. The van der Waals surface area contributed by atoms with E-state index in [2.05, 4.69) is 28.9 Å². The molecule has 1 saturated heterocycles. The number of hydrogen-bond acceptors (Lipinski definition) is 3. The number of methoxy groups -OCH3 is 1. The number of piperazine rings is 1. The minimum absolute atomic E-state index is 0.929. The van der Waals surface area contributed by atoms with E-state index in [1.54, 1.807) is 7.11 Å². The number of anilines is 1. The third-order valence-corrected chi connectivity index (χ3v) is 3.35. The zero-order valence-electron chi connectivity index (χ0n) is 12.9. The molecule has 0 N–H and O–H groups in total. The Kier molecular flexibility index (Phi) is 7.34. The fraction of sp³-hybridized carbons (Fsp3) is 0.625. The summed E-state index contributed by atoms with van der Waals surface area (Å²) in [6.45, 7) is 12.1. The van der Waals surface area contributed by atoms with E-state index >= 15 is 0 Å². The Morgan fingerprint density at radius 2 is 1.58 bits per heavy atom. The number of rotatable bonds is 4. The standard InChI is InChI=1S/C14H22N2O.C2H6/c1-3-8-15-9-11-16(12-10-15)13-4-6-14(17-2)7-5-13;1-2/h4-7H,3,8-12H2,1-2H3;1-2H3. The van der Waals surface area contributed by atoms with Crippen molar-refractivity contribution >= 4 is 5.69 Å². The van der Waals surface area contributed by atoms with Crippen molar-refractivity contribution in [2.75, 3.05) is 44.7 Å². The predicted octanol–water partition coefficient (Wildman–Crippen LogP) is 3.25. The fourth-order valence-electron chi connectivity index (χ4n) is 2.34. The monoisotopic (exact) mass is 264 g/mol. The predicted molar refractivity (Wildman–Crippen MR) is 83.3 cm³/mol. The summed E-state index contributed by atoms with van der Waals surface area (Å²) in [7, 11) is 1.71. The maximum absolute atomic E-state index is 5.18. The third-order valence-electron chi connectivity index (χ3n) is 3.35. The molecule has 0 saturated carbocycles. The lowest BCUT2D eigenvalue weighted by atomic mass is 10.2. The first-order valence-corrected chi connectivity index (χ1v) is 7.45. The van der Waals surface area contributed by atoms with E-state index < -0.39 is 0 Å². The van der Waals surface area contributed by atoms with Crippen LogP contribution in [0.25, 0.3) is 0 Å². The highest BCUT2D eigenvalue weighted by Gasteiger charge is 2.16. The van der Waals surface area contributed by atoms with Crippen LogP contribution in [0.2, 0.25) is 0 Å². The molecule has 1 aromatic carbocycles. The van der Waals surface area contributed by atoms with Gasteiger partial charge in [0, 0.05) is 31.9 Å². The molecule has 0 bridgehead atoms. The summed E-state index contributed by atoms with van der Waals surface area (Å²) >= 11 is 0. The van der Waals surface area contributed by atoms with E-state index in [1.165, 1.54) is 31.7 Å². The summed E-state index contributed by atoms with van der Waals surface area (Å²) in [5, 5.41) is 0. The van der Waals surface area contributed by atoms with Gasteiger partial charge in [0.15, 0.2) is 0 Å². The highest BCUT2D eigenvalue weighted by molar-refractivity contribution is 5.49. The molecule has 0 aromatic heterocycles. The molecule has 1 aromatic rings. The van der Waals surface area contributed by atoms with Gasteiger partial charge >= 0.3 is 0 Å². The Morgan fingerprint density at radius 1 is 1.00 bits per heavy atom. The molecule has 0 radical (unpaired) electrons. The lowest BCUT2D eigenvalue weighted by molar-refractivity contribution is 0.258. The topological polar surface area (TPSA) is 15.7 Å². The molecule has 0 atom stereocenters. The molecule has 3 heteroatoms. The maximum Gasteiger partial charge on any atom is 0.119 e. The van der Waals surface area contributed by atoms with E-state index in [9.17, 15) is 0 Å². The second-order valence-electron chi connectivity index (χ2n) is 4.53. The van der Waals surface area contributed by atoms with Crippen LogP contribution in [0.15, 0.2) is 24.3 Å². The van der Waals surface area contributed by atoms with Crippen LogP contribution in [0.5, 0.6) is 5.75 Å². The summed E-state index contributed by atoms with van der Waals surface area (Å²) in [6, 6.07) is 8.37. The summed E-state index contributed by atoms with van der Waals surface area (Å²) in [5.41, 5.74) is 1.31. The Balaban J connectivity index is 0.000000861. The van der Waals surface area contributed by atoms with Gasteiger partial charge in [-0.15, -0.1) is 0 Å². The minimum Gasteiger partial charge on any atom is -0.497 e. The van der Waals surface area contributed by atoms with Gasteiger partial charge in [-0.25, -0.2) is 0 Å². The van der Waals surface area contributed by atoms with Gasteiger partial charge in [-0.3, -0.25) is 4.90 Å². The number of ether oxygens (including phenoxy) is 1. The summed E-state index contributed by atoms with van der Waals surface area (Å²) in [6.07, 6.45) is 1.25. The maximum atomic E-state index is 5.18. The average molecular weight is 264 g/mol. The van der Waals surface area contributed by atoms with Crippen LogP contribution in [0, 0.1) is 0 Å². The van der Waals surface area contributed by atoms with Crippen molar-refractivity contribution in [1.82, 2.24) is 4.90 Å². The first kappa shape index (κ1) is 15.8. The van der Waals surface area contributed by atoms with Crippen LogP contribution in [-0.4, -0.2) is 44.7 Å². The van der Waals surface area contributed by atoms with Crippen molar-refractivity contribution in [3.05, 3.63) is 24.3 Å². The first-order valence-electron chi connectivity index (χ1n) is 7.45. The molecule has 0 amide bonds. The first-order chi connectivity index (χ1) is 9.33. The van der Waals surface area contributed by atoms with Gasteiger partial charge in [-0.2, -0.15) is 0 Å². The largest absolute Gasteiger partial charge is 0.497 e. The second-order valence-corrected chi connectivity index (χ2v) is 4.53. The zero-order valence-corrected chi connectivity index (χ0v) is 12.9. The lowest BCUT2D eigenvalue weighted by Gasteiger charge is -2.36. The van der Waals surface area contributed by atoms with E-state index in [-0.39, 0.29) is 0 Å². The summed E-state index contributed by atoms with van der Waals surface area (Å²) in [4.78, 5) is 4.99. The van der Waals surface area contributed by atoms with Gasteiger partial charge in [-0.05, 0) is 37.2 Å². The van der Waals surface area contributed by atoms with Crippen LogP contribution in [-0.2, 0) is 0 Å². The molecule has 108 valence electrons. The second kappa shape index (κ2) is 8.81. The molecule has 1 fully saturated rings. The summed E-state index contributed by atoms with van der Waals surface area (Å²) in [5.74, 6) is 0.929. The zero-order chi connectivity index (χ0) is 14.1. The van der Waals surface area contributed by atoms with E-state index in [0.717, 1.165) is 18.8 Å². The number of nitrogens with zero attached hydrogens (tertiary/aromatic N) is 2. The van der Waals surface area contributed by atoms with E-state index in [0.29, 0.717) is 0 Å². The number of hydrogen-bond donors (Lipinski definition) is 0. The molecular weight excluding hydrogens is 236 g/mol. The molecule has 0 unspecified atom stereocenters. The Bertz CT molecular complexity index is 329. The Hall–Kier alpha value is -1.22. The minimum atomic E-state index is 0.929. The molecule has 19 heavy (non-hydrogen) atoms. The van der Waals surface area contributed by atoms with Crippen molar-refractivity contribution in [1.29, 1.82) is 0 Å². The highest BCUT2D eigenvalue weighted by Crippen LogP contribution is 2.20. The van der Waals surface area contributed by atoms with Crippen LogP contribution >= 0.6 is 0 Å². The molecule has 3 nitrogen and oxygen atoms in total. The Labute approximate surface area is 118 Å². The third kappa shape index (κ3) is 4.75. The van der Waals surface area contributed by atoms with Crippen molar-refractivity contribution < 1.29 is 4.74 Å². The van der Waals surface area contributed by atoms with Crippen molar-refractivity contribution in [3.8, 4) is 5.75 Å².